The minimum atomic E-state index is -0.273. The summed E-state index contributed by atoms with van der Waals surface area (Å²) in [4.78, 5) is 0. The summed E-state index contributed by atoms with van der Waals surface area (Å²) in [6.45, 7) is 2.72. The van der Waals surface area contributed by atoms with Crippen LogP contribution in [0.5, 0.6) is 11.5 Å². The maximum Gasteiger partial charge on any atom is 0.162 e. The van der Waals surface area contributed by atoms with Crippen LogP contribution in [-0.2, 0) is 6.61 Å². The van der Waals surface area contributed by atoms with Crippen molar-refractivity contribution < 1.29 is 13.9 Å². The summed E-state index contributed by atoms with van der Waals surface area (Å²) in [5.74, 6) is 0.934. The zero-order valence-electron chi connectivity index (χ0n) is 18.7. The zero-order valence-corrected chi connectivity index (χ0v) is 20.3. The van der Waals surface area contributed by atoms with Gasteiger partial charge >= 0.3 is 0 Å². The largest absolute Gasteiger partial charge is 0.490 e. The third-order valence-electron chi connectivity index (χ3n) is 4.98. The lowest BCUT2D eigenvalue weighted by Crippen LogP contribution is -2.09. The number of hydrazone groups is 1. The molecule has 172 valence electrons. The fourth-order valence-corrected chi connectivity index (χ4v) is 3.74. The Kier molecular flexibility index (Phi) is 7.94. The molecule has 0 aliphatic rings. The molecule has 0 aliphatic carbocycles. The van der Waals surface area contributed by atoms with E-state index in [2.05, 4.69) is 15.9 Å². The van der Waals surface area contributed by atoms with Crippen LogP contribution in [-0.4, -0.2) is 12.8 Å². The molecule has 0 radical (unpaired) electrons. The normalized spacial score (nSPS) is 10.9. The molecule has 4 nitrogen and oxygen atoms in total. The standard InChI is InChI=1S/C28H24BrFN2O2/c1-2-33-27-17-22(26(29)18-28(27)34-20-21-13-15-23(30)16-14-21)19-31-32(24-9-5-3-6-10-24)25-11-7-4-8-12-25/h3-19H,2,20H2,1H3/b31-19-. The summed E-state index contributed by atoms with van der Waals surface area (Å²) in [7, 11) is 0. The van der Waals surface area contributed by atoms with Crippen LogP contribution in [0.15, 0.2) is 107 Å². The molecule has 0 amide bonds. The van der Waals surface area contributed by atoms with Crippen molar-refractivity contribution in [1.82, 2.24) is 0 Å². The van der Waals surface area contributed by atoms with E-state index in [1.165, 1.54) is 12.1 Å². The van der Waals surface area contributed by atoms with Gasteiger partial charge in [0.1, 0.15) is 12.4 Å². The van der Waals surface area contributed by atoms with Crippen LogP contribution < -0.4 is 14.5 Å². The van der Waals surface area contributed by atoms with E-state index in [4.69, 9.17) is 14.6 Å². The first kappa shape index (κ1) is 23.5. The molecule has 4 aromatic carbocycles. The molecule has 4 rings (SSSR count). The third kappa shape index (κ3) is 6.02. The van der Waals surface area contributed by atoms with Gasteiger partial charge in [-0.25, -0.2) is 9.40 Å². The minimum absolute atomic E-state index is 0.273. The molecule has 34 heavy (non-hydrogen) atoms. The number of halogens is 2. The number of ether oxygens (including phenoxy) is 2. The molecule has 6 heteroatoms. The summed E-state index contributed by atoms with van der Waals surface area (Å²) in [6.07, 6.45) is 1.79. The molecule has 0 fully saturated rings. The lowest BCUT2D eigenvalue weighted by atomic mass is 10.2. The third-order valence-corrected chi connectivity index (χ3v) is 5.67. The maximum absolute atomic E-state index is 13.2. The average molecular weight is 519 g/mol. The van der Waals surface area contributed by atoms with Crippen LogP contribution in [0.3, 0.4) is 0 Å². The molecule has 0 unspecified atom stereocenters. The Labute approximate surface area is 207 Å². The van der Waals surface area contributed by atoms with Crippen LogP contribution in [0.25, 0.3) is 0 Å². The van der Waals surface area contributed by atoms with Crippen molar-refractivity contribution in [1.29, 1.82) is 0 Å². The number of nitrogens with zero attached hydrogens (tertiary/aromatic N) is 2. The molecule has 0 spiro atoms. The highest BCUT2D eigenvalue weighted by molar-refractivity contribution is 9.10. The maximum atomic E-state index is 13.2. The highest BCUT2D eigenvalue weighted by atomic mass is 79.9. The molecule has 0 aliphatic heterocycles. The predicted molar refractivity (Wildman–Crippen MR) is 139 cm³/mol. The fourth-order valence-electron chi connectivity index (χ4n) is 3.31. The van der Waals surface area contributed by atoms with Gasteiger partial charge in [0, 0.05) is 10.0 Å². The van der Waals surface area contributed by atoms with Crippen molar-refractivity contribution in [2.75, 3.05) is 11.6 Å². The van der Waals surface area contributed by atoms with E-state index in [0.29, 0.717) is 24.7 Å². The van der Waals surface area contributed by atoms with Crippen molar-refractivity contribution in [3.8, 4) is 11.5 Å². The van der Waals surface area contributed by atoms with Crippen LogP contribution >= 0.6 is 15.9 Å². The second-order valence-corrected chi connectivity index (χ2v) is 8.25. The van der Waals surface area contributed by atoms with Gasteiger partial charge in [0.15, 0.2) is 11.5 Å². The summed E-state index contributed by atoms with van der Waals surface area (Å²) < 4.78 is 25.8. The molecule has 0 heterocycles. The number of hydrogen-bond acceptors (Lipinski definition) is 4. The van der Waals surface area contributed by atoms with Gasteiger partial charge in [0.05, 0.1) is 24.2 Å². The minimum Gasteiger partial charge on any atom is -0.490 e. The SMILES string of the molecule is CCOc1cc(/C=N\N(c2ccccc2)c2ccccc2)c(Br)cc1OCc1ccc(F)cc1. The summed E-state index contributed by atoms with van der Waals surface area (Å²) in [5, 5.41) is 6.66. The molecule has 0 atom stereocenters. The van der Waals surface area contributed by atoms with Gasteiger partial charge in [-0.2, -0.15) is 5.10 Å². The van der Waals surface area contributed by atoms with Crippen molar-refractivity contribution in [2.24, 2.45) is 5.10 Å². The summed E-state index contributed by atoms with van der Waals surface area (Å²) in [5.41, 5.74) is 3.61. The Morgan fingerprint density at radius 3 is 2.00 bits per heavy atom. The van der Waals surface area contributed by atoms with Crippen molar-refractivity contribution in [3.05, 3.63) is 118 Å². The molecular weight excluding hydrogens is 495 g/mol. The van der Waals surface area contributed by atoms with Crippen LogP contribution in [0.4, 0.5) is 15.8 Å². The van der Waals surface area contributed by atoms with E-state index in [1.54, 1.807) is 18.3 Å². The van der Waals surface area contributed by atoms with E-state index >= 15 is 0 Å². The molecule has 0 saturated carbocycles. The summed E-state index contributed by atoms with van der Waals surface area (Å²) >= 11 is 3.64. The van der Waals surface area contributed by atoms with Crippen LogP contribution in [0, 0.1) is 5.82 Å². The molecule has 0 N–H and O–H groups in total. The number of anilines is 2. The Hall–Kier alpha value is -3.64. The highest BCUT2D eigenvalue weighted by Crippen LogP contribution is 2.34. The Bertz CT molecular complexity index is 1190. The molecular formula is C28H24BrFN2O2. The number of para-hydroxylation sites is 2. The van der Waals surface area contributed by atoms with E-state index in [0.717, 1.165) is 27.0 Å². The fraction of sp³-hybridized carbons (Fsp3) is 0.107. The monoisotopic (exact) mass is 518 g/mol. The van der Waals surface area contributed by atoms with Crippen molar-refractivity contribution in [2.45, 2.75) is 13.5 Å². The van der Waals surface area contributed by atoms with Crippen molar-refractivity contribution in [3.63, 3.8) is 0 Å². The van der Waals surface area contributed by atoms with Crippen molar-refractivity contribution >= 4 is 33.5 Å². The van der Waals surface area contributed by atoms with Gasteiger partial charge < -0.3 is 9.47 Å². The molecule has 0 aromatic heterocycles. The second-order valence-electron chi connectivity index (χ2n) is 7.40. The highest BCUT2D eigenvalue weighted by Gasteiger charge is 2.12. The van der Waals surface area contributed by atoms with Gasteiger partial charge in [0.2, 0.25) is 0 Å². The lowest BCUT2D eigenvalue weighted by molar-refractivity contribution is 0.269. The predicted octanol–water partition coefficient (Wildman–Crippen LogP) is 7.74. The van der Waals surface area contributed by atoms with E-state index < -0.39 is 0 Å². The molecule has 4 aromatic rings. The number of hydrogen-bond donors (Lipinski definition) is 0. The smallest absolute Gasteiger partial charge is 0.162 e. The quantitative estimate of drug-likeness (QED) is 0.168. The average Bonchev–Trinajstić information content (AvgIpc) is 2.87. The molecule has 0 bridgehead atoms. The van der Waals surface area contributed by atoms with Crippen LogP contribution in [0.2, 0.25) is 0 Å². The first-order valence-corrected chi connectivity index (χ1v) is 11.7. The second kappa shape index (κ2) is 11.5. The lowest BCUT2D eigenvalue weighted by Gasteiger charge is -2.19. The number of benzene rings is 4. The van der Waals surface area contributed by atoms with Gasteiger partial charge in [-0.05, 0) is 76.9 Å². The topological polar surface area (TPSA) is 34.1 Å². The summed E-state index contributed by atoms with van der Waals surface area (Å²) in [6, 6.07) is 29.9. The molecule has 0 saturated heterocycles. The van der Waals surface area contributed by atoms with E-state index in [1.807, 2.05) is 84.7 Å². The van der Waals surface area contributed by atoms with E-state index in [-0.39, 0.29) is 5.82 Å². The van der Waals surface area contributed by atoms with Gasteiger partial charge in [-0.15, -0.1) is 0 Å². The Balaban J connectivity index is 1.61. The van der Waals surface area contributed by atoms with Gasteiger partial charge in [-0.3, -0.25) is 0 Å². The Morgan fingerprint density at radius 1 is 0.824 bits per heavy atom. The first-order valence-electron chi connectivity index (χ1n) is 10.9. The van der Waals surface area contributed by atoms with Gasteiger partial charge in [0.25, 0.3) is 0 Å². The van der Waals surface area contributed by atoms with E-state index in [9.17, 15) is 4.39 Å². The zero-order chi connectivity index (χ0) is 23.8. The van der Waals surface area contributed by atoms with Crippen LogP contribution in [0.1, 0.15) is 18.1 Å². The number of rotatable bonds is 9. The first-order chi connectivity index (χ1) is 16.6. The Morgan fingerprint density at radius 2 is 1.41 bits per heavy atom. The van der Waals surface area contributed by atoms with Gasteiger partial charge in [-0.1, -0.05) is 48.5 Å².